The first kappa shape index (κ1) is 11.0. The van der Waals surface area contributed by atoms with E-state index in [1.807, 2.05) is 0 Å². The molecular weight excluding hydrogens is 545 g/mol. The van der Waals surface area contributed by atoms with Crippen molar-refractivity contribution in [3.63, 3.8) is 0 Å². The Morgan fingerprint density at radius 3 is 2.27 bits per heavy atom. The van der Waals surface area contributed by atoms with Gasteiger partial charge in [-0.15, -0.1) is 0 Å². The molecule has 4 heteroatoms. The maximum atomic E-state index is 3.46. The summed E-state index contributed by atoms with van der Waals surface area (Å²) < 4.78 is 4.06. The van der Waals surface area contributed by atoms with Crippen molar-refractivity contribution in [3.8, 4) is 0 Å². The minimum Gasteiger partial charge on any atom is -0.0876 e. The standard InChI is InChI=1S/C7H4BrI3/c8-3-4-1-2-5(9)7(11)6(4)10/h1-2H,3H2. The third kappa shape index (κ3) is 2.67. The highest BCUT2D eigenvalue weighted by Crippen LogP contribution is 2.25. The maximum absolute atomic E-state index is 3.46. The maximum Gasteiger partial charge on any atom is 0.0400 e. The van der Waals surface area contributed by atoms with Crippen LogP contribution in [0.3, 0.4) is 0 Å². The summed E-state index contributed by atoms with van der Waals surface area (Å²) in [6.45, 7) is 0. The molecule has 0 saturated heterocycles. The summed E-state index contributed by atoms with van der Waals surface area (Å²) >= 11 is 10.6. The predicted molar refractivity (Wildman–Crippen MR) is 77.2 cm³/mol. The summed E-state index contributed by atoms with van der Waals surface area (Å²) in [6.07, 6.45) is 0. The van der Waals surface area contributed by atoms with Crippen LogP contribution in [0.4, 0.5) is 0 Å². The van der Waals surface area contributed by atoms with Crippen LogP contribution in [-0.4, -0.2) is 0 Å². The molecule has 1 rings (SSSR count). The van der Waals surface area contributed by atoms with E-state index < -0.39 is 0 Å². The van der Waals surface area contributed by atoms with Crippen molar-refractivity contribution < 1.29 is 0 Å². The zero-order valence-electron chi connectivity index (χ0n) is 5.37. The van der Waals surface area contributed by atoms with Crippen LogP contribution in [0, 0.1) is 10.7 Å². The van der Waals surface area contributed by atoms with Gasteiger partial charge in [-0.3, -0.25) is 0 Å². The van der Waals surface area contributed by atoms with E-state index in [0.717, 1.165) is 5.33 Å². The number of alkyl halides is 1. The van der Waals surface area contributed by atoms with Gasteiger partial charge in [0.05, 0.1) is 0 Å². The second kappa shape index (κ2) is 4.94. The molecular formula is C7H4BrI3. The average molecular weight is 549 g/mol. The van der Waals surface area contributed by atoms with E-state index in [1.54, 1.807) is 0 Å². The van der Waals surface area contributed by atoms with E-state index in [-0.39, 0.29) is 0 Å². The topological polar surface area (TPSA) is 0 Å². The second-order valence-corrected chi connectivity index (χ2v) is 5.85. The largest absolute Gasteiger partial charge is 0.0876 e. The van der Waals surface area contributed by atoms with E-state index in [1.165, 1.54) is 16.3 Å². The summed E-state index contributed by atoms with van der Waals surface area (Å²) in [5.41, 5.74) is 1.37. The molecule has 0 saturated carbocycles. The van der Waals surface area contributed by atoms with Crippen LogP contribution in [0.5, 0.6) is 0 Å². The van der Waals surface area contributed by atoms with Gasteiger partial charge in [-0.1, -0.05) is 22.0 Å². The van der Waals surface area contributed by atoms with Gasteiger partial charge in [-0.2, -0.15) is 0 Å². The van der Waals surface area contributed by atoms with E-state index >= 15 is 0 Å². The van der Waals surface area contributed by atoms with E-state index in [9.17, 15) is 0 Å². The van der Waals surface area contributed by atoms with Crippen molar-refractivity contribution in [2.24, 2.45) is 0 Å². The highest BCUT2D eigenvalue weighted by Gasteiger charge is 2.04. The molecule has 0 aromatic heterocycles. The van der Waals surface area contributed by atoms with Gasteiger partial charge in [0.25, 0.3) is 0 Å². The molecule has 0 unspecified atom stereocenters. The summed E-state index contributed by atoms with van der Waals surface area (Å²) in [5, 5.41) is 0.943. The van der Waals surface area contributed by atoms with Gasteiger partial charge in [0.2, 0.25) is 0 Å². The molecule has 0 bridgehead atoms. The lowest BCUT2D eigenvalue weighted by atomic mass is 10.2. The third-order valence-corrected chi connectivity index (χ3v) is 7.18. The van der Waals surface area contributed by atoms with Crippen LogP contribution in [0.2, 0.25) is 0 Å². The van der Waals surface area contributed by atoms with Crippen molar-refractivity contribution >= 4 is 83.7 Å². The van der Waals surface area contributed by atoms with Gasteiger partial charge < -0.3 is 0 Å². The Morgan fingerprint density at radius 1 is 1.09 bits per heavy atom. The molecule has 0 amide bonds. The highest BCUT2D eigenvalue weighted by molar-refractivity contribution is 14.1. The quantitative estimate of drug-likeness (QED) is 0.277. The SMILES string of the molecule is BrCc1ccc(I)c(I)c1I. The molecule has 11 heavy (non-hydrogen) atoms. The number of hydrogen-bond donors (Lipinski definition) is 0. The molecule has 1 aromatic carbocycles. The van der Waals surface area contributed by atoms with Crippen molar-refractivity contribution in [1.82, 2.24) is 0 Å². The van der Waals surface area contributed by atoms with Gasteiger partial charge in [-0.25, -0.2) is 0 Å². The van der Waals surface area contributed by atoms with Crippen LogP contribution >= 0.6 is 83.7 Å². The van der Waals surface area contributed by atoms with Gasteiger partial charge in [-0.05, 0) is 79.4 Å². The fourth-order valence-corrected chi connectivity index (χ4v) is 3.81. The van der Waals surface area contributed by atoms with Gasteiger partial charge in [0, 0.05) is 16.0 Å². The summed E-state index contributed by atoms with van der Waals surface area (Å²) in [4.78, 5) is 0. The van der Waals surface area contributed by atoms with Crippen molar-refractivity contribution in [3.05, 3.63) is 28.4 Å². The normalized spacial score (nSPS) is 10.2. The molecule has 0 atom stereocenters. The second-order valence-electron chi connectivity index (χ2n) is 1.97. The molecule has 0 spiro atoms. The predicted octanol–water partition coefficient (Wildman–Crippen LogP) is 4.40. The molecule has 1 aromatic rings. The van der Waals surface area contributed by atoms with Crippen LogP contribution < -0.4 is 0 Å². The van der Waals surface area contributed by atoms with E-state index in [2.05, 4.69) is 95.8 Å². The Kier molecular flexibility index (Phi) is 4.93. The average Bonchev–Trinajstić information content (AvgIpc) is 2.01. The van der Waals surface area contributed by atoms with Gasteiger partial charge in [0.15, 0.2) is 0 Å². The van der Waals surface area contributed by atoms with E-state index in [0.29, 0.717) is 0 Å². The van der Waals surface area contributed by atoms with Crippen molar-refractivity contribution in [2.75, 3.05) is 0 Å². The Morgan fingerprint density at radius 2 is 1.73 bits per heavy atom. The zero-order chi connectivity index (χ0) is 8.43. The van der Waals surface area contributed by atoms with Gasteiger partial charge in [0.1, 0.15) is 0 Å². The molecule has 0 heterocycles. The fourth-order valence-electron chi connectivity index (χ4n) is 0.669. The smallest absolute Gasteiger partial charge is 0.0400 e. The fraction of sp³-hybridized carbons (Fsp3) is 0.143. The van der Waals surface area contributed by atoms with Crippen LogP contribution in [0.15, 0.2) is 12.1 Å². The Balaban J connectivity index is 3.25. The zero-order valence-corrected chi connectivity index (χ0v) is 13.4. The number of hydrogen-bond acceptors (Lipinski definition) is 0. The van der Waals surface area contributed by atoms with Crippen LogP contribution in [0.1, 0.15) is 5.56 Å². The lowest BCUT2D eigenvalue weighted by Crippen LogP contribution is -1.90. The monoisotopic (exact) mass is 548 g/mol. The lowest BCUT2D eigenvalue weighted by Gasteiger charge is -2.03. The third-order valence-electron chi connectivity index (χ3n) is 1.26. The minimum absolute atomic E-state index is 0.943. The van der Waals surface area contributed by atoms with Crippen LogP contribution in [-0.2, 0) is 5.33 Å². The number of benzene rings is 1. The number of halogens is 4. The lowest BCUT2D eigenvalue weighted by molar-refractivity contribution is 1.35. The Labute approximate surface area is 115 Å². The molecule has 0 radical (unpaired) electrons. The van der Waals surface area contributed by atoms with Gasteiger partial charge >= 0.3 is 0 Å². The molecule has 60 valence electrons. The molecule has 0 aliphatic heterocycles. The first-order valence-electron chi connectivity index (χ1n) is 2.85. The molecule has 0 aliphatic carbocycles. The molecule has 0 nitrogen and oxygen atoms in total. The van der Waals surface area contributed by atoms with E-state index in [4.69, 9.17) is 0 Å². The summed E-state index contributed by atoms with van der Waals surface area (Å²) in [5.74, 6) is 0. The Bertz CT molecular complexity index is 273. The van der Waals surface area contributed by atoms with Crippen molar-refractivity contribution in [2.45, 2.75) is 5.33 Å². The molecule has 0 fully saturated rings. The molecule has 0 N–H and O–H groups in total. The minimum atomic E-state index is 0.943. The summed E-state index contributed by atoms with van der Waals surface area (Å²) in [6, 6.07) is 4.32. The number of rotatable bonds is 1. The first-order valence-corrected chi connectivity index (χ1v) is 7.21. The van der Waals surface area contributed by atoms with Crippen LogP contribution in [0.25, 0.3) is 0 Å². The molecule has 0 aliphatic rings. The highest BCUT2D eigenvalue weighted by atomic mass is 127. The summed E-state index contributed by atoms with van der Waals surface area (Å²) in [7, 11) is 0. The van der Waals surface area contributed by atoms with Crippen molar-refractivity contribution in [1.29, 1.82) is 0 Å². The Hall–Kier alpha value is 1.89. The first-order chi connectivity index (χ1) is 5.16.